The van der Waals surface area contributed by atoms with Gasteiger partial charge in [-0.15, -0.1) is 0 Å². The van der Waals surface area contributed by atoms with Gasteiger partial charge in [-0.25, -0.2) is 8.42 Å². The number of sulfonamides is 1. The monoisotopic (exact) mass is 432 g/mol. The normalized spacial score (nSPS) is 16.3. The number of hydrogen-bond donors (Lipinski definition) is 1. The Labute approximate surface area is 178 Å². The maximum absolute atomic E-state index is 13.6. The second-order valence-corrected chi connectivity index (χ2v) is 9.27. The molecule has 8 heteroatoms. The van der Waals surface area contributed by atoms with Crippen LogP contribution < -0.4 is 14.4 Å². The summed E-state index contributed by atoms with van der Waals surface area (Å²) in [4.78, 5) is 12.7. The quantitative estimate of drug-likeness (QED) is 0.693. The standard InChI is InChI=1S/C22H28N2O5S/c1-16-6-4-7-18(12-16)24(15-22(25)23-14-19-8-5-11-29-19)30(26,27)21-13-17(2)9-10-20(21)28-3/h4,6-7,9-10,12-13,19H,5,8,11,14-15H2,1-3H3,(H,23,25)/t19-/m0/s1. The number of carbonyl (C=O) groups excluding carboxylic acids is 1. The molecule has 0 bridgehead atoms. The lowest BCUT2D eigenvalue weighted by Crippen LogP contribution is -2.43. The number of rotatable bonds is 8. The molecule has 1 N–H and O–H groups in total. The van der Waals surface area contributed by atoms with Crippen LogP contribution in [0.5, 0.6) is 5.75 Å². The van der Waals surface area contributed by atoms with Crippen LogP contribution in [0.4, 0.5) is 5.69 Å². The third kappa shape index (κ3) is 5.12. The topological polar surface area (TPSA) is 84.9 Å². The van der Waals surface area contributed by atoms with Crippen molar-refractivity contribution in [1.29, 1.82) is 0 Å². The molecule has 0 aliphatic carbocycles. The molecule has 30 heavy (non-hydrogen) atoms. The Morgan fingerprint density at radius 1 is 1.20 bits per heavy atom. The number of nitrogens with zero attached hydrogens (tertiary/aromatic N) is 1. The zero-order valence-corrected chi connectivity index (χ0v) is 18.4. The summed E-state index contributed by atoms with van der Waals surface area (Å²) in [6.07, 6.45) is 1.84. The Kier molecular flexibility index (Phi) is 6.99. The van der Waals surface area contributed by atoms with Crippen molar-refractivity contribution < 1.29 is 22.7 Å². The van der Waals surface area contributed by atoms with Crippen LogP contribution in [0.1, 0.15) is 24.0 Å². The molecule has 0 spiro atoms. The molecule has 1 saturated heterocycles. The van der Waals surface area contributed by atoms with Crippen molar-refractivity contribution in [2.24, 2.45) is 0 Å². The largest absolute Gasteiger partial charge is 0.495 e. The maximum atomic E-state index is 13.6. The third-order valence-corrected chi connectivity index (χ3v) is 6.81. The second kappa shape index (κ2) is 9.49. The van der Waals surface area contributed by atoms with Gasteiger partial charge in [-0.1, -0.05) is 18.2 Å². The van der Waals surface area contributed by atoms with Crippen molar-refractivity contribution in [3.8, 4) is 5.75 Å². The molecule has 1 fully saturated rings. The summed E-state index contributed by atoms with van der Waals surface area (Å²) < 4.78 is 39.2. The number of benzene rings is 2. The number of ether oxygens (including phenoxy) is 2. The van der Waals surface area contributed by atoms with Crippen LogP contribution in [0.25, 0.3) is 0 Å². The molecule has 162 valence electrons. The average molecular weight is 433 g/mol. The van der Waals surface area contributed by atoms with Crippen LogP contribution in [0, 0.1) is 13.8 Å². The minimum atomic E-state index is -4.05. The zero-order chi connectivity index (χ0) is 21.7. The van der Waals surface area contributed by atoms with E-state index in [0.29, 0.717) is 18.8 Å². The Balaban J connectivity index is 1.93. The predicted octanol–water partition coefficient (Wildman–Crippen LogP) is 2.80. The molecule has 1 heterocycles. The first-order chi connectivity index (χ1) is 14.3. The number of nitrogens with one attached hydrogen (secondary N) is 1. The molecule has 1 aliphatic rings. The van der Waals surface area contributed by atoms with Crippen molar-refractivity contribution in [2.75, 3.05) is 31.1 Å². The first-order valence-corrected chi connectivity index (χ1v) is 11.4. The molecule has 0 aromatic heterocycles. The van der Waals surface area contributed by atoms with E-state index in [2.05, 4.69) is 5.32 Å². The predicted molar refractivity (Wildman–Crippen MR) is 115 cm³/mol. The van der Waals surface area contributed by atoms with E-state index in [0.717, 1.165) is 28.3 Å². The van der Waals surface area contributed by atoms with Crippen LogP contribution in [-0.4, -0.2) is 47.2 Å². The Morgan fingerprint density at radius 2 is 1.97 bits per heavy atom. The maximum Gasteiger partial charge on any atom is 0.268 e. The van der Waals surface area contributed by atoms with E-state index in [4.69, 9.17) is 9.47 Å². The molecule has 0 radical (unpaired) electrons. The van der Waals surface area contributed by atoms with Crippen LogP contribution in [0.15, 0.2) is 47.4 Å². The first-order valence-electron chi connectivity index (χ1n) is 9.93. The smallest absolute Gasteiger partial charge is 0.268 e. The Hall–Kier alpha value is -2.58. The number of aryl methyl sites for hydroxylation is 2. The highest BCUT2D eigenvalue weighted by Gasteiger charge is 2.30. The van der Waals surface area contributed by atoms with Crippen LogP contribution in [0.3, 0.4) is 0 Å². The summed E-state index contributed by atoms with van der Waals surface area (Å²) in [5.41, 5.74) is 2.09. The fourth-order valence-electron chi connectivity index (χ4n) is 3.42. The van der Waals surface area contributed by atoms with E-state index in [1.807, 2.05) is 19.9 Å². The highest BCUT2D eigenvalue weighted by atomic mass is 32.2. The lowest BCUT2D eigenvalue weighted by molar-refractivity contribution is -0.120. The first kappa shape index (κ1) is 22.1. The fourth-order valence-corrected chi connectivity index (χ4v) is 5.08. The summed E-state index contributed by atoms with van der Waals surface area (Å²) in [6, 6.07) is 12.0. The molecule has 1 aliphatic heterocycles. The highest BCUT2D eigenvalue weighted by Crippen LogP contribution is 2.31. The molecule has 1 atom stereocenters. The van der Waals surface area contributed by atoms with Gasteiger partial charge in [0.2, 0.25) is 5.91 Å². The van der Waals surface area contributed by atoms with Gasteiger partial charge in [0.25, 0.3) is 10.0 Å². The molecule has 0 unspecified atom stereocenters. The van der Waals surface area contributed by atoms with E-state index >= 15 is 0 Å². The van der Waals surface area contributed by atoms with Crippen molar-refractivity contribution >= 4 is 21.6 Å². The summed E-state index contributed by atoms with van der Waals surface area (Å²) in [7, 11) is -2.63. The molecule has 7 nitrogen and oxygen atoms in total. The minimum Gasteiger partial charge on any atom is -0.495 e. The van der Waals surface area contributed by atoms with E-state index in [1.165, 1.54) is 7.11 Å². The zero-order valence-electron chi connectivity index (χ0n) is 17.6. The Bertz CT molecular complexity index is 1000. The highest BCUT2D eigenvalue weighted by molar-refractivity contribution is 7.93. The van der Waals surface area contributed by atoms with Gasteiger partial charge in [-0.05, 0) is 62.1 Å². The summed E-state index contributed by atoms with van der Waals surface area (Å²) in [6.45, 7) is 4.41. The molecule has 3 rings (SSSR count). The second-order valence-electron chi connectivity index (χ2n) is 7.44. The van der Waals surface area contributed by atoms with Crippen LogP contribution in [-0.2, 0) is 19.6 Å². The number of carbonyl (C=O) groups is 1. The fraction of sp³-hybridized carbons (Fsp3) is 0.409. The summed E-state index contributed by atoms with van der Waals surface area (Å²) >= 11 is 0. The van der Waals surface area contributed by atoms with Gasteiger partial charge in [-0.3, -0.25) is 9.10 Å². The van der Waals surface area contributed by atoms with E-state index in [-0.39, 0.29) is 29.2 Å². The van der Waals surface area contributed by atoms with Crippen molar-refractivity contribution in [2.45, 2.75) is 37.7 Å². The summed E-state index contributed by atoms with van der Waals surface area (Å²) in [5, 5.41) is 2.80. The molecule has 2 aromatic carbocycles. The number of amides is 1. The lowest BCUT2D eigenvalue weighted by atomic mass is 10.2. The molecular formula is C22H28N2O5S. The van der Waals surface area contributed by atoms with Crippen molar-refractivity contribution in [3.05, 3.63) is 53.6 Å². The number of methoxy groups -OCH3 is 1. The van der Waals surface area contributed by atoms with Crippen molar-refractivity contribution in [3.63, 3.8) is 0 Å². The average Bonchev–Trinajstić information content (AvgIpc) is 3.24. The van der Waals surface area contributed by atoms with Crippen LogP contribution in [0.2, 0.25) is 0 Å². The lowest BCUT2D eigenvalue weighted by Gasteiger charge is -2.25. The number of hydrogen-bond acceptors (Lipinski definition) is 5. The number of anilines is 1. The van der Waals surface area contributed by atoms with Gasteiger partial charge in [-0.2, -0.15) is 0 Å². The third-order valence-electron chi connectivity index (χ3n) is 5.01. The van der Waals surface area contributed by atoms with Gasteiger partial charge in [0.1, 0.15) is 17.2 Å². The molecular weight excluding hydrogens is 404 g/mol. The van der Waals surface area contributed by atoms with Gasteiger partial charge in [0.05, 0.1) is 18.9 Å². The summed E-state index contributed by atoms with van der Waals surface area (Å²) in [5.74, 6) is -0.153. The van der Waals surface area contributed by atoms with E-state index in [9.17, 15) is 13.2 Å². The van der Waals surface area contributed by atoms with Gasteiger partial charge < -0.3 is 14.8 Å². The van der Waals surface area contributed by atoms with Crippen LogP contribution >= 0.6 is 0 Å². The SMILES string of the molecule is COc1ccc(C)cc1S(=O)(=O)N(CC(=O)NC[C@@H]1CCCO1)c1cccc(C)c1. The molecule has 0 saturated carbocycles. The van der Waals surface area contributed by atoms with Crippen molar-refractivity contribution in [1.82, 2.24) is 5.32 Å². The van der Waals surface area contributed by atoms with Gasteiger partial charge in [0.15, 0.2) is 0 Å². The molecule has 1 amide bonds. The molecule has 2 aromatic rings. The van der Waals surface area contributed by atoms with Gasteiger partial charge >= 0.3 is 0 Å². The van der Waals surface area contributed by atoms with E-state index in [1.54, 1.807) is 36.4 Å². The Morgan fingerprint density at radius 3 is 2.63 bits per heavy atom. The van der Waals surface area contributed by atoms with Gasteiger partial charge in [0, 0.05) is 13.2 Å². The minimum absolute atomic E-state index is 0.0187. The van der Waals surface area contributed by atoms with E-state index < -0.39 is 10.0 Å².